The van der Waals surface area contributed by atoms with Gasteiger partial charge in [0.15, 0.2) is 6.61 Å². The molecule has 3 rings (SSSR count). The molecule has 0 radical (unpaired) electrons. The molecule has 1 amide bonds. The van der Waals surface area contributed by atoms with Crippen LogP contribution in [0.2, 0.25) is 0 Å². The van der Waals surface area contributed by atoms with Crippen LogP contribution in [-0.4, -0.2) is 18.2 Å². The largest absolute Gasteiger partial charge is 0.484 e. The van der Waals surface area contributed by atoms with Crippen molar-refractivity contribution in [3.8, 4) is 5.75 Å². The molecule has 2 aromatic carbocycles. The molecular weight excluding hydrogens is 304 g/mol. The molecule has 1 aromatic heterocycles. The quantitative estimate of drug-likeness (QED) is 0.576. The third-order valence-corrected chi connectivity index (χ3v) is 3.54. The van der Waals surface area contributed by atoms with Gasteiger partial charge in [0.2, 0.25) is 0 Å². The zero-order chi connectivity index (χ0) is 16.9. The number of ether oxygens (including phenoxy) is 1. The first-order chi connectivity index (χ1) is 11.6. The van der Waals surface area contributed by atoms with E-state index in [0.717, 1.165) is 16.5 Å². The van der Waals surface area contributed by atoms with Crippen LogP contribution in [0.3, 0.4) is 0 Å². The molecule has 1 N–H and O–H groups in total. The van der Waals surface area contributed by atoms with Crippen molar-refractivity contribution in [2.75, 3.05) is 6.61 Å². The molecule has 5 nitrogen and oxygen atoms in total. The number of hydrogen-bond acceptors (Lipinski definition) is 4. The third kappa shape index (κ3) is 3.81. The second-order valence-corrected chi connectivity index (χ2v) is 5.44. The van der Waals surface area contributed by atoms with E-state index in [0.29, 0.717) is 17.2 Å². The predicted octanol–water partition coefficient (Wildman–Crippen LogP) is 3.66. The summed E-state index contributed by atoms with van der Waals surface area (Å²) in [5.41, 5.74) is 3.06. The summed E-state index contributed by atoms with van der Waals surface area (Å²) in [6.07, 6.45) is 0. The van der Waals surface area contributed by atoms with Gasteiger partial charge in [0, 0.05) is 0 Å². The average Bonchev–Trinajstić information content (AvgIpc) is 3.04. The van der Waals surface area contributed by atoms with Gasteiger partial charge in [0.1, 0.15) is 23.0 Å². The van der Waals surface area contributed by atoms with Crippen LogP contribution < -0.4 is 10.2 Å². The molecule has 0 aliphatic heterocycles. The van der Waals surface area contributed by atoms with Crippen LogP contribution in [0, 0.1) is 6.92 Å². The Labute approximate surface area is 139 Å². The summed E-state index contributed by atoms with van der Waals surface area (Å²) in [5, 5.41) is 6.21. The number of fused-ring (bicyclic) bond motifs is 1. The summed E-state index contributed by atoms with van der Waals surface area (Å²) in [6.45, 7) is 3.52. The Morgan fingerprint density at radius 3 is 2.67 bits per heavy atom. The maximum atomic E-state index is 11.8. The third-order valence-electron chi connectivity index (χ3n) is 3.54. The number of carbonyl (C=O) groups excluding carboxylic acids is 1. The van der Waals surface area contributed by atoms with Gasteiger partial charge in [-0.05, 0) is 48.9 Å². The molecule has 0 bridgehead atoms. The number of amides is 1. The molecule has 0 saturated carbocycles. The van der Waals surface area contributed by atoms with Crippen molar-refractivity contribution in [3.63, 3.8) is 0 Å². The van der Waals surface area contributed by atoms with E-state index in [9.17, 15) is 4.79 Å². The molecule has 0 saturated heterocycles. The van der Waals surface area contributed by atoms with Crippen LogP contribution in [-0.2, 0) is 4.79 Å². The predicted molar refractivity (Wildman–Crippen MR) is 93.2 cm³/mol. The van der Waals surface area contributed by atoms with Gasteiger partial charge in [0.05, 0.1) is 0 Å². The maximum absolute atomic E-state index is 11.8. The van der Waals surface area contributed by atoms with Crippen LogP contribution in [0.15, 0.2) is 64.1 Å². The summed E-state index contributed by atoms with van der Waals surface area (Å²) >= 11 is 0. The van der Waals surface area contributed by atoms with Gasteiger partial charge in [-0.15, -0.1) is 0 Å². The van der Waals surface area contributed by atoms with E-state index in [-0.39, 0.29) is 12.5 Å². The van der Waals surface area contributed by atoms with E-state index < -0.39 is 0 Å². The fourth-order valence-corrected chi connectivity index (χ4v) is 2.27. The molecule has 0 spiro atoms. The van der Waals surface area contributed by atoms with Crippen LogP contribution in [0.1, 0.15) is 18.4 Å². The van der Waals surface area contributed by atoms with E-state index in [2.05, 4.69) is 10.5 Å². The molecule has 24 heavy (non-hydrogen) atoms. The minimum absolute atomic E-state index is 0.105. The number of rotatable bonds is 5. The Morgan fingerprint density at radius 1 is 1.12 bits per heavy atom. The van der Waals surface area contributed by atoms with Gasteiger partial charge in [-0.2, -0.15) is 5.10 Å². The summed E-state index contributed by atoms with van der Waals surface area (Å²) in [6, 6.07) is 17.3. The monoisotopic (exact) mass is 322 g/mol. The van der Waals surface area contributed by atoms with Crippen molar-refractivity contribution in [1.82, 2.24) is 5.43 Å². The molecule has 0 aliphatic rings. The van der Waals surface area contributed by atoms with Crippen molar-refractivity contribution in [2.24, 2.45) is 5.10 Å². The van der Waals surface area contributed by atoms with Gasteiger partial charge in [-0.3, -0.25) is 4.79 Å². The number of nitrogens with zero attached hydrogens (tertiary/aromatic N) is 1. The minimum Gasteiger partial charge on any atom is -0.484 e. The molecule has 0 atom stereocenters. The fraction of sp³-hybridized carbons (Fsp3) is 0.158. The van der Waals surface area contributed by atoms with Crippen molar-refractivity contribution in [1.29, 1.82) is 0 Å². The van der Waals surface area contributed by atoms with Crippen molar-refractivity contribution in [3.05, 3.63) is 66.1 Å². The standard InChI is InChI=1S/C19H18N2O3/c1-13-7-10-18(24-13)14(2)20-21-19(22)12-23-17-9-8-15-5-3-4-6-16(15)11-17/h3-11H,12H2,1-2H3,(H,21,22)/b20-14+. The Kier molecular flexibility index (Phi) is 4.61. The zero-order valence-corrected chi connectivity index (χ0v) is 13.6. The maximum Gasteiger partial charge on any atom is 0.277 e. The fourth-order valence-electron chi connectivity index (χ4n) is 2.27. The van der Waals surface area contributed by atoms with Gasteiger partial charge in [0.25, 0.3) is 5.91 Å². The Hall–Kier alpha value is -3.08. The topological polar surface area (TPSA) is 63.8 Å². The average molecular weight is 322 g/mol. The lowest BCUT2D eigenvalue weighted by molar-refractivity contribution is -0.123. The summed E-state index contributed by atoms with van der Waals surface area (Å²) in [7, 11) is 0. The molecule has 1 heterocycles. The number of nitrogens with one attached hydrogen (secondary N) is 1. The molecule has 0 aliphatic carbocycles. The van der Waals surface area contributed by atoms with E-state index in [1.807, 2.05) is 61.5 Å². The Balaban J connectivity index is 1.56. The van der Waals surface area contributed by atoms with Crippen LogP contribution in [0.25, 0.3) is 10.8 Å². The molecule has 122 valence electrons. The lowest BCUT2D eigenvalue weighted by atomic mass is 10.1. The molecule has 5 heteroatoms. The highest BCUT2D eigenvalue weighted by Crippen LogP contribution is 2.20. The number of carbonyl (C=O) groups is 1. The summed E-state index contributed by atoms with van der Waals surface area (Å²) in [4.78, 5) is 11.8. The number of benzene rings is 2. The van der Waals surface area contributed by atoms with E-state index in [1.54, 1.807) is 6.92 Å². The second kappa shape index (κ2) is 7.00. The van der Waals surface area contributed by atoms with Crippen molar-refractivity contribution < 1.29 is 13.9 Å². The highest BCUT2D eigenvalue weighted by Gasteiger charge is 2.05. The molecule has 0 fully saturated rings. The number of aryl methyl sites for hydroxylation is 1. The molecule has 0 unspecified atom stereocenters. The first-order valence-corrected chi connectivity index (χ1v) is 7.63. The van der Waals surface area contributed by atoms with Gasteiger partial charge in [-0.1, -0.05) is 30.3 Å². The highest BCUT2D eigenvalue weighted by atomic mass is 16.5. The van der Waals surface area contributed by atoms with Gasteiger partial charge in [-0.25, -0.2) is 5.43 Å². The summed E-state index contributed by atoms with van der Waals surface area (Å²) < 4.78 is 10.9. The Morgan fingerprint density at radius 2 is 1.92 bits per heavy atom. The van der Waals surface area contributed by atoms with E-state index in [1.165, 1.54) is 0 Å². The number of hydrazone groups is 1. The van der Waals surface area contributed by atoms with E-state index >= 15 is 0 Å². The smallest absolute Gasteiger partial charge is 0.277 e. The molecular formula is C19H18N2O3. The van der Waals surface area contributed by atoms with Crippen LogP contribution >= 0.6 is 0 Å². The SMILES string of the molecule is C/C(=N\NC(=O)COc1ccc2ccccc2c1)c1ccc(C)o1. The van der Waals surface area contributed by atoms with Crippen molar-refractivity contribution >= 4 is 22.4 Å². The Bertz CT molecular complexity index is 896. The first-order valence-electron chi connectivity index (χ1n) is 7.63. The minimum atomic E-state index is -0.328. The molecule has 3 aromatic rings. The second-order valence-electron chi connectivity index (χ2n) is 5.44. The van der Waals surface area contributed by atoms with Crippen LogP contribution in [0.4, 0.5) is 0 Å². The van der Waals surface area contributed by atoms with Crippen LogP contribution in [0.5, 0.6) is 5.75 Å². The highest BCUT2D eigenvalue weighted by molar-refractivity contribution is 5.97. The van der Waals surface area contributed by atoms with Crippen molar-refractivity contribution in [2.45, 2.75) is 13.8 Å². The van der Waals surface area contributed by atoms with Gasteiger partial charge >= 0.3 is 0 Å². The normalized spacial score (nSPS) is 11.5. The lowest BCUT2D eigenvalue weighted by Gasteiger charge is -2.06. The van der Waals surface area contributed by atoms with Gasteiger partial charge < -0.3 is 9.15 Å². The van der Waals surface area contributed by atoms with E-state index in [4.69, 9.17) is 9.15 Å². The number of furan rings is 1. The number of hydrogen-bond donors (Lipinski definition) is 1. The lowest BCUT2D eigenvalue weighted by Crippen LogP contribution is -2.25. The zero-order valence-electron chi connectivity index (χ0n) is 13.6. The summed E-state index contributed by atoms with van der Waals surface area (Å²) in [5.74, 6) is 1.74. The first kappa shape index (κ1) is 15.8.